The summed E-state index contributed by atoms with van der Waals surface area (Å²) in [4.78, 5) is 34.3. The van der Waals surface area contributed by atoms with Crippen LogP contribution in [-0.2, 0) is 37.0 Å². The number of rotatable bonds is 28. The van der Waals surface area contributed by atoms with Gasteiger partial charge in [-0.25, -0.2) is 4.79 Å². The van der Waals surface area contributed by atoms with Crippen LogP contribution in [0.2, 0.25) is 0 Å². The van der Waals surface area contributed by atoms with Crippen LogP contribution in [0, 0.1) is 17.8 Å². The van der Waals surface area contributed by atoms with Crippen molar-refractivity contribution in [2.24, 2.45) is 22.9 Å². The van der Waals surface area contributed by atoms with Crippen molar-refractivity contribution in [3.05, 3.63) is 150 Å². The molecule has 2 aliphatic carbocycles. The second-order valence-corrected chi connectivity index (χ2v) is 17.5. The van der Waals surface area contributed by atoms with E-state index >= 15 is 0 Å². The predicted molar refractivity (Wildman–Crippen MR) is 260 cm³/mol. The van der Waals surface area contributed by atoms with Crippen LogP contribution in [0.3, 0.4) is 0 Å². The topological polar surface area (TPSA) is 175 Å². The zero-order valence-electron chi connectivity index (χ0n) is 39.3. The van der Waals surface area contributed by atoms with Gasteiger partial charge < -0.3 is 48.6 Å². The van der Waals surface area contributed by atoms with Crippen molar-refractivity contribution in [3.63, 3.8) is 0 Å². The number of fused-ring (bicyclic) bond motifs is 2. The maximum absolute atomic E-state index is 14.8. The van der Waals surface area contributed by atoms with E-state index in [1.807, 2.05) is 78.9 Å². The Hall–Kier alpha value is -5.87. The molecule has 14 heteroatoms. The number of ether oxygens (including phenoxy) is 6. The molecule has 0 bridgehead atoms. The van der Waals surface area contributed by atoms with E-state index in [0.717, 1.165) is 54.2 Å². The Morgan fingerprint density at radius 1 is 0.797 bits per heavy atom. The van der Waals surface area contributed by atoms with Gasteiger partial charge in [0.05, 0.1) is 51.3 Å². The first-order valence-corrected chi connectivity index (χ1v) is 24.1. The van der Waals surface area contributed by atoms with Crippen LogP contribution in [0.4, 0.5) is 4.79 Å². The van der Waals surface area contributed by atoms with Crippen molar-refractivity contribution < 1.29 is 58.2 Å². The number of allylic oxidation sites excluding steroid dienone is 1. The van der Waals surface area contributed by atoms with Crippen molar-refractivity contribution in [1.29, 1.82) is 0 Å². The highest BCUT2D eigenvalue weighted by Gasteiger charge is 2.65. The fraction of sp³-hybridized carbons (Fsp3) is 0.436. The number of hydrogen-bond donors (Lipinski definition) is 3. The van der Waals surface area contributed by atoms with Gasteiger partial charge in [0.25, 0.3) is 0 Å². The minimum Gasteiger partial charge on any atom is -0.459 e. The molecule has 69 heavy (non-hydrogen) atoms. The van der Waals surface area contributed by atoms with Gasteiger partial charge in [-0.1, -0.05) is 103 Å². The van der Waals surface area contributed by atoms with E-state index in [0.29, 0.717) is 48.0 Å². The SMILES string of the molecule is C=CCO[C@@]12Oc3ccc(Oc4cccc(C=O)c4)cc3[C@H]3[C@H](CCCCO)[C@@H](CCCCO)C=C(C(=NOCc4ccccc4)C[C@@H]1N(CCOCCO)C(=O)OCCOCc1ccccc1)[C@H]32. The third kappa shape index (κ3) is 13.1. The first-order chi connectivity index (χ1) is 33.9. The van der Waals surface area contributed by atoms with Crippen LogP contribution in [0.1, 0.15) is 77.9 Å². The van der Waals surface area contributed by atoms with Gasteiger partial charge in [-0.15, -0.1) is 6.58 Å². The molecule has 4 aromatic carbocycles. The average molecular weight is 947 g/mol. The van der Waals surface area contributed by atoms with E-state index < -0.39 is 23.8 Å². The molecule has 1 amide bonds. The summed E-state index contributed by atoms with van der Waals surface area (Å²) in [5, 5.41) is 34.6. The van der Waals surface area contributed by atoms with Gasteiger partial charge in [0.2, 0.25) is 5.79 Å². The smallest absolute Gasteiger partial charge is 0.410 e. The molecule has 3 N–H and O–H groups in total. The summed E-state index contributed by atoms with van der Waals surface area (Å²) in [5.74, 6) is -0.920. The van der Waals surface area contributed by atoms with Gasteiger partial charge in [-0.3, -0.25) is 9.69 Å². The molecule has 14 nitrogen and oxygen atoms in total. The molecular formula is C55H66N2O12. The van der Waals surface area contributed by atoms with Crippen LogP contribution in [0.15, 0.2) is 133 Å². The highest BCUT2D eigenvalue weighted by Crippen LogP contribution is 2.62. The van der Waals surface area contributed by atoms with Gasteiger partial charge in [-0.05, 0) is 84.6 Å². The average Bonchev–Trinajstić information content (AvgIpc) is 3.37. The number of nitrogens with zero attached hydrogens (tertiary/aromatic N) is 2. The molecule has 4 aromatic rings. The van der Waals surface area contributed by atoms with E-state index in [1.54, 1.807) is 35.2 Å². The minimum absolute atomic E-state index is 0.00287. The summed E-state index contributed by atoms with van der Waals surface area (Å²) >= 11 is 0. The highest BCUT2D eigenvalue weighted by atomic mass is 16.7. The number of carbonyl (C=O) groups excluding carboxylic acids is 2. The molecular weight excluding hydrogens is 881 g/mol. The van der Waals surface area contributed by atoms with Gasteiger partial charge in [-0.2, -0.15) is 0 Å². The Morgan fingerprint density at radius 3 is 2.26 bits per heavy atom. The Labute approximate surface area is 405 Å². The number of aldehydes is 1. The standard InChI is InChI=1S/C55H66N2O12/c1-2-28-66-55-51(57(24-29-63-30-27-60)54(62)65-32-31-64-38-40-14-5-3-6-15-40)36-49(56-67-39-41-16-7-4-8-17-41)47-34-43(19-9-11-25-58)46(21-10-12-26-59)52(53(47)55)48-35-45(22-23-50(48)69-55)68-44-20-13-18-42(33-44)37-61/h2-8,13-18,20,22-23,33-35,37,43,46,51-53,58-60H,1,9-12,19,21,24-32,36,38-39H2/t43-,46+,51-,52+,53+,55+/m0/s1. The van der Waals surface area contributed by atoms with Gasteiger partial charge >= 0.3 is 6.09 Å². The molecule has 1 fully saturated rings. The van der Waals surface area contributed by atoms with Crippen molar-refractivity contribution >= 4 is 18.1 Å². The largest absolute Gasteiger partial charge is 0.459 e. The molecule has 1 aliphatic heterocycles. The molecule has 368 valence electrons. The van der Waals surface area contributed by atoms with E-state index in [-0.39, 0.29) is 90.2 Å². The Bertz CT molecular complexity index is 2310. The zero-order chi connectivity index (χ0) is 48.3. The third-order valence-electron chi connectivity index (χ3n) is 13.0. The number of oxime groups is 1. The number of hydrogen-bond acceptors (Lipinski definition) is 13. The first kappa shape index (κ1) is 51.0. The molecule has 0 saturated heterocycles. The van der Waals surface area contributed by atoms with Gasteiger partial charge in [0, 0.05) is 43.2 Å². The molecule has 1 heterocycles. The normalized spacial score (nSPS) is 21.8. The van der Waals surface area contributed by atoms with Crippen LogP contribution in [-0.4, -0.2) is 110 Å². The van der Waals surface area contributed by atoms with E-state index in [9.17, 15) is 24.9 Å². The van der Waals surface area contributed by atoms with E-state index in [4.69, 9.17) is 38.4 Å². The van der Waals surface area contributed by atoms with Crippen molar-refractivity contribution in [1.82, 2.24) is 4.90 Å². The summed E-state index contributed by atoms with van der Waals surface area (Å²) < 4.78 is 38.7. The van der Waals surface area contributed by atoms with Gasteiger partial charge in [0.1, 0.15) is 42.8 Å². The lowest BCUT2D eigenvalue weighted by Gasteiger charge is -2.59. The maximum Gasteiger partial charge on any atom is 0.410 e. The molecule has 6 atom stereocenters. The summed E-state index contributed by atoms with van der Waals surface area (Å²) in [6.45, 7) is 4.88. The summed E-state index contributed by atoms with van der Waals surface area (Å²) in [7, 11) is 0. The van der Waals surface area contributed by atoms with Crippen molar-refractivity contribution in [3.8, 4) is 17.2 Å². The van der Waals surface area contributed by atoms with Crippen LogP contribution >= 0.6 is 0 Å². The maximum atomic E-state index is 14.8. The number of carbonyl (C=O) groups is 2. The Morgan fingerprint density at radius 2 is 1.54 bits per heavy atom. The monoisotopic (exact) mass is 946 g/mol. The summed E-state index contributed by atoms with van der Waals surface area (Å²) in [6.07, 6.45) is 8.50. The lowest BCUT2D eigenvalue weighted by molar-refractivity contribution is -0.256. The van der Waals surface area contributed by atoms with E-state index in [2.05, 4.69) is 12.7 Å². The molecule has 0 aromatic heterocycles. The Kier molecular flexibility index (Phi) is 19.4. The second-order valence-electron chi connectivity index (χ2n) is 17.5. The van der Waals surface area contributed by atoms with Crippen molar-refractivity contribution in [2.45, 2.75) is 75.9 Å². The molecule has 3 aliphatic rings. The number of benzene rings is 4. The second kappa shape index (κ2) is 26.2. The number of amides is 1. The summed E-state index contributed by atoms with van der Waals surface area (Å²) in [5.41, 5.74) is 4.77. The lowest BCUT2D eigenvalue weighted by atomic mass is 9.55. The number of unbranched alkanes of at least 4 members (excludes halogenated alkanes) is 2. The predicted octanol–water partition coefficient (Wildman–Crippen LogP) is 8.79. The first-order valence-electron chi connectivity index (χ1n) is 24.1. The van der Waals surface area contributed by atoms with Crippen molar-refractivity contribution in [2.75, 3.05) is 59.4 Å². The molecule has 0 unspecified atom stereocenters. The highest BCUT2D eigenvalue weighted by molar-refractivity contribution is 6.03. The molecule has 0 radical (unpaired) electrons. The van der Waals surface area contributed by atoms with Crippen LogP contribution in [0.25, 0.3) is 0 Å². The molecule has 7 rings (SSSR count). The molecule has 1 saturated carbocycles. The van der Waals surface area contributed by atoms with Crippen LogP contribution < -0.4 is 9.47 Å². The third-order valence-corrected chi connectivity index (χ3v) is 13.0. The summed E-state index contributed by atoms with van der Waals surface area (Å²) in [6, 6.07) is 31.3. The number of aliphatic hydroxyl groups excluding tert-OH is 3. The van der Waals surface area contributed by atoms with E-state index in [1.165, 1.54) is 0 Å². The fourth-order valence-electron chi connectivity index (χ4n) is 10.00. The number of aliphatic hydroxyl groups is 3. The minimum atomic E-state index is -1.55. The zero-order valence-corrected chi connectivity index (χ0v) is 39.3. The van der Waals surface area contributed by atoms with Crippen LogP contribution in [0.5, 0.6) is 17.2 Å². The fourth-order valence-corrected chi connectivity index (χ4v) is 10.00. The lowest BCUT2D eigenvalue weighted by Crippen LogP contribution is -2.70. The molecule has 0 spiro atoms. The van der Waals surface area contributed by atoms with Gasteiger partial charge in [0.15, 0.2) is 0 Å². The quantitative estimate of drug-likeness (QED) is 0.0214. The Balaban J connectivity index is 1.37.